The van der Waals surface area contributed by atoms with Gasteiger partial charge < -0.3 is 10.2 Å². The Balaban J connectivity index is 4.60. The third kappa shape index (κ3) is 4.65. The van der Waals surface area contributed by atoms with E-state index in [1.807, 2.05) is 33.3 Å². The summed E-state index contributed by atoms with van der Waals surface area (Å²) in [4.78, 5) is 2.12. The van der Waals surface area contributed by atoms with Gasteiger partial charge in [0.15, 0.2) is 0 Å². The van der Waals surface area contributed by atoms with Crippen LogP contribution in [-0.4, -0.2) is 39.1 Å². The molecule has 0 saturated carbocycles. The number of likely N-dealkylation sites (N-methyl/N-ethyl adjacent to an activating group) is 2. The molecule has 0 spiro atoms. The molecule has 0 rings (SSSR count). The van der Waals surface area contributed by atoms with Crippen molar-refractivity contribution in [3.63, 3.8) is 0 Å². The Morgan fingerprint density at radius 3 is 2.08 bits per heavy atom. The first-order valence-corrected chi connectivity index (χ1v) is 4.42. The van der Waals surface area contributed by atoms with Crippen molar-refractivity contribution >= 4 is 0 Å². The van der Waals surface area contributed by atoms with Gasteiger partial charge in [-0.1, -0.05) is 25.3 Å². The highest BCUT2D eigenvalue weighted by molar-refractivity contribution is 5.33. The van der Waals surface area contributed by atoms with Gasteiger partial charge in [-0.25, -0.2) is 0 Å². The molecule has 0 aromatic carbocycles. The van der Waals surface area contributed by atoms with Gasteiger partial charge in [0.05, 0.1) is 0 Å². The second-order valence-corrected chi connectivity index (χ2v) is 3.23. The van der Waals surface area contributed by atoms with Gasteiger partial charge in [0, 0.05) is 13.1 Å². The average Bonchev–Trinajstić information content (AvgIpc) is 2.10. The summed E-state index contributed by atoms with van der Waals surface area (Å²) in [5.41, 5.74) is 2.44. The summed E-state index contributed by atoms with van der Waals surface area (Å²) in [5, 5.41) is 3.11. The van der Waals surface area contributed by atoms with E-state index in [2.05, 4.69) is 23.4 Å². The highest BCUT2D eigenvalue weighted by atomic mass is 15.0. The number of nitrogens with one attached hydrogen (secondary N) is 1. The van der Waals surface area contributed by atoms with Crippen LogP contribution in [0.1, 0.15) is 0 Å². The lowest BCUT2D eigenvalue weighted by Crippen LogP contribution is -2.18. The number of nitrogens with zero attached hydrogens (tertiary/aromatic N) is 1. The molecule has 0 bridgehead atoms. The highest BCUT2D eigenvalue weighted by Crippen LogP contribution is 2.07. The summed E-state index contributed by atoms with van der Waals surface area (Å²) >= 11 is 0. The van der Waals surface area contributed by atoms with Crippen molar-refractivity contribution in [3.8, 4) is 0 Å². The maximum Gasteiger partial charge on any atom is 0.0230 e. The molecule has 0 fully saturated rings. The molecule has 0 aliphatic rings. The Labute approximate surface area is 81.6 Å². The fourth-order valence-corrected chi connectivity index (χ4v) is 1.15. The Morgan fingerprint density at radius 1 is 1.23 bits per heavy atom. The molecule has 0 atom stereocenters. The van der Waals surface area contributed by atoms with Crippen LogP contribution in [0.25, 0.3) is 0 Å². The van der Waals surface area contributed by atoms with Gasteiger partial charge in [-0.3, -0.25) is 0 Å². The largest absolute Gasteiger partial charge is 0.316 e. The van der Waals surface area contributed by atoms with Crippen LogP contribution in [-0.2, 0) is 0 Å². The van der Waals surface area contributed by atoms with E-state index in [0.29, 0.717) is 0 Å². The molecule has 1 N–H and O–H groups in total. The molecule has 0 aromatic heterocycles. The fourth-order valence-electron chi connectivity index (χ4n) is 1.15. The van der Waals surface area contributed by atoms with Crippen LogP contribution < -0.4 is 5.32 Å². The molecule has 0 aliphatic carbocycles. The monoisotopic (exact) mass is 180 g/mol. The van der Waals surface area contributed by atoms with Crippen LogP contribution in [0.15, 0.2) is 36.5 Å². The highest BCUT2D eigenvalue weighted by Gasteiger charge is 2.00. The van der Waals surface area contributed by atoms with Crippen LogP contribution >= 0.6 is 0 Å². The molecule has 74 valence electrons. The van der Waals surface area contributed by atoms with E-state index in [0.717, 1.165) is 13.1 Å². The molecule has 0 aromatic rings. The third-order valence-corrected chi connectivity index (χ3v) is 1.76. The molecule has 0 aliphatic heterocycles. The van der Waals surface area contributed by atoms with E-state index in [-0.39, 0.29) is 0 Å². The summed E-state index contributed by atoms with van der Waals surface area (Å²) < 4.78 is 0. The van der Waals surface area contributed by atoms with Crippen molar-refractivity contribution < 1.29 is 0 Å². The van der Waals surface area contributed by atoms with E-state index < -0.39 is 0 Å². The molecule has 2 nitrogen and oxygen atoms in total. The van der Waals surface area contributed by atoms with E-state index >= 15 is 0 Å². The number of hydrogen-bond donors (Lipinski definition) is 1. The molecular weight excluding hydrogens is 160 g/mol. The van der Waals surface area contributed by atoms with Gasteiger partial charge in [-0.05, 0) is 32.3 Å². The summed E-state index contributed by atoms with van der Waals surface area (Å²) in [6.45, 7) is 9.35. The summed E-state index contributed by atoms with van der Waals surface area (Å²) in [5.74, 6) is 0. The summed E-state index contributed by atoms with van der Waals surface area (Å²) in [6, 6.07) is 0. The molecule has 0 amide bonds. The van der Waals surface area contributed by atoms with Crippen molar-refractivity contribution in [1.82, 2.24) is 10.2 Å². The number of rotatable bonds is 6. The predicted octanol–water partition coefficient (Wildman–Crippen LogP) is 1.44. The van der Waals surface area contributed by atoms with Gasteiger partial charge in [0.2, 0.25) is 0 Å². The Kier molecular flexibility index (Phi) is 6.20. The minimum atomic E-state index is 0.846. The minimum Gasteiger partial charge on any atom is -0.316 e. The Hall–Kier alpha value is -0.860. The normalized spacial score (nSPS) is 12.6. The lowest BCUT2D eigenvalue weighted by atomic mass is 10.1. The molecule has 0 unspecified atom stereocenters. The standard InChI is InChI=1S/C11H20N2/c1-6-10(8-12-3)11(7-2)9-13(4)5/h6-7,12H,1-2,8-9H2,3-5H3/b11-10-. The molecule has 0 heterocycles. The van der Waals surface area contributed by atoms with E-state index in [9.17, 15) is 0 Å². The van der Waals surface area contributed by atoms with Crippen molar-refractivity contribution in [2.24, 2.45) is 0 Å². The zero-order valence-electron chi connectivity index (χ0n) is 8.93. The van der Waals surface area contributed by atoms with Crippen molar-refractivity contribution in [1.29, 1.82) is 0 Å². The maximum absolute atomic E-state index is 3.81. The minimum absolute atomic E-state index is 0.846. The van der Waals surface area contributed by atoms with Crippen LogP contribution in [0.3, 0.4) is 0 Å². The first-order valence-electron chi connectivity index (χ1n) is 4.42. The first-order chi connectivity index (χ1) is 6.15. The maximum atomic E-state index is 3.81. The van der Waals surface area contributed by atoms with E-state index in [1.54, 1.807) is 0 Å². The molecule has 2 heteroatoms. The summed E-state index contributed by atoms with van der Waals surface area (Å²) in [6.07, 6.45) is 3.78. The van der Waals surface area contributed by atoms with E-state index in [4.69, 9.17) is 0 Å². The van der Waals surface area contributed by atoms with Crippen LogP contribution in [0, 0.1) is 0 Å². The second-order valence-electron chi connectivity index (χ2n) is 3.23. The SMILES string of the molecule is C=C/C(CNC)=C(\C=C)CN(C)C. The molecule has 0 radical (unpaired) electrons. The smallest absolute Gasteiger partial charge is 0.0230 e. The predicted molar refractivity (Wildman–Crippen MR) is 59.9 cm³/mol. The van der Waals surface area contributed by atoms with E-state index in [1.165, 1.54) is 11.1 Å². The van der Waals surface area contributed by atoms with Crippen LogP contribution in [0.5, 0.6) is 0 Å². The lowest BCUT2D eigenvalue weighted by Gasteiger charge is -2.13. The summed E-state index contributed by atoms with van der Waals surface area (Å²) in [7, 11) is 6.02. The fraction of sp³-hybridized carbons (Fsp3) is 0.455. The molecular formula is C11H20N2. The van der Waals surface area contributed by atoms with Gasteiger partial charge in [0.25, 0.3) is 0 Å². The van der Waals surface area contributed by atoms with Crippen LogP contribution in [0.2, 0.25) is 0 Å². The zero-order chi connectivity index (χ0) is 10.3. The zero-order valence-corrected chi connectivity index (χ0v) is 8.93. The van der Waals surface area contributed by atoms with Gasteiger partial charge in [0.1, 0.15) is 0 Å². The first kappa shape index (κ1) is 12.1. The molecule has 0 saturated heterocycles. The topological polar surface area (TPSA) is 15.3 Å². The van der Waals surface area contributed by atoms with Gasteiger partial charge in [-0.15, -0.1) is 0 Å². The quantitative estimate of drug-likeness (QED) is 0.622. The van der Waals surface area contributed by atoms with Gasteiger partial charge >= 0.3 is 0 Å². The van der Waals surface area contributed by atoms with Gasteiger partial charge in [-0.2, -0.15) is 0 Å². The second kappa shape index (κ2) is 6.63. The van der Waals surface area contributed by atoms with Crippen molar-refractivity contribution in [2.45, 2.75) is 0 Å². The third-order valence-electron chi connectivity index (χ3n) is 1.76. The van der Waals surface area contributed by atoms with Crippen molar-refractivity contribution in [3.05, 3.63) is 36.5 Å². The Bertz CT molecular complexity index is 202. The van der Waals surface area contributed by atoms with Crippen LogP contribution in [0.4, 0.5) is 0 Å². The van der Waals surface area contributed by atoms with Crippen molar-refractivity contribution in [2.75, 3.05) is 34.2 Å². The molecule has 13 heavy (non-hydrogen) atoms. The lowest BCUT2D eigenvalue weighted by molar-refractivity contribution is 0.447. The average molecular weight is 180 g/mol. The Morgan fingerprint density at radius 2 is 1.77 bits per heavy atom. The number of hydrogen-bond acceptors (Lipinski definition) is 2.